The smallest absolute Gasteiger partial charge is 0.191 e. The van der Waals surface area contributed by atoms with Crippen LogP contribution in [0.1, 0.15) is 34.1 Å². The molecule has 2 N–H and O–H groups in total. The highest BCUT2D eigenvalue weighted by molar-refractivity contribution is 7.92. The molecule has 8 heteroatoms. The SMILES string of the molecule is CCNC(=NCCN(C)CCCOC)NCCS(=O)(=O)C(C)(C)C. The number of guanidine groups is 1. The molecule has 144 valence electrons. The third kappa shape index (κ3) is 10.1. The van der Waals surface area contributed by atoms with Crippen LogP contribution in [0.25, 0.3) is 0 Å². The van der Waals surface area contributed by atoms with E-state index in [1.54, 1.807) is 27.9 Å². The first-order chi connectivity index (χ1) is 11.1. The van der Waals surface area contributed by atoms with Gasteiger partial charge in [-0.15, -0.1) is 0 Å². The van der Waals surface area contributed by atoms with Crippen LogP contribution >= 0.6 is 0 Å². The molecule has 0 saturated heterocycles. The number of nitrogens with zero attached hydrogens (tertiary/aromatic N) is 2. The maximum absolute atomic E-state index is 12.1. The highest BCUT2D eigenvalue weighted by Crippen LogP contribution is 2.15. The predicted octanol–water partition coefficient (Wildman–Crippen LogP) is 0.723. The fourth-order valence-corrected chi connectivity index (χ4v) is 2.86. The Morgan fingerprint density at radius 2 is 1.88 bits per heavy atom. The van der Waals surface area contributed by atoms with E-state index in [0.717, 1.165) is 32.7 Å². The van der Waals surface area contributed by atoms with Crippen LogP contribution in [0, 0.1) is 0 Å². The van der Waals surface area contributed by atoms with Crippen molar-refractivity contribution in [3.8, 4) is 0 Å². The number of aliphatic imine (C=N–C) groups is 1. The summed E-state index contributed by atoms with van der Waals surface area (Å²) < 4.78 is 28.5. The normalized spacial score (nSPS) is 13.4. The number of methoxy groups -OCH3 is 1. The fraction of sp³-hybridized carbons (Fsp3) is 0.938. The quantitative estimate of drug-likeness (QED) is 0.319. The average molecular weight is 365 g/mol. The molecular formula is C16H36N4O3S. The second-order valence-electron chi connectivity index (χ2n) is 6.77. The van der Waals surface area contributed by atoms with Crippen LogP contribution in [-0.4, -0.2) is 83.3 Å². The van der Waals surface area contributed by atoms with E-state index < -0.39 is 14.6 Å². The number of rotatable bonds is 11. The van der Waals surface area contributed by atoms with Gasteiger partial charge in [0.1, 0.15) is 0 Å². The molecular weight excluding hydrogens is 328 g/mol. The van der Waals surface area contributed by atoms with E-state index >= 15 is 0 Å². The molecule has 0 unspecified atom stereocenters. The maximum Gasteiger partial charge on any atom is 0.191 e. The Morgan fingerprint density at radius 3 is 2.42 bits per heavy atom. The van der Waals surface area contributed by atoms with Crippen LogP contribution in [0.2, 0.25) is 0 Å². The number of hydrogen-bond acceptors (Lipinski definition) is 5. The number of likely N-dealkylation sites (N-methyl/N-ethyl adjacent to an activating group) is 1. The first-order valence-corrected chi connectivity index (χ1v) is 10.2. The lowest BCUT2D eigenvalue weighted by Crippen LogP contribution is -2.42. The molecule has 0 aliphatic heterocycles. The van der Waals surface area contributed by atoms with Gasteiger partial charge in [-0.1, -0.05) is 0 Å². The lowest BCUT2D eigenvalue weighted by molar-refractivity contribution is 0.180. The Hall–Kier alpha value is -0.860. The van der Waals surface area contributed by atoms with Crippen molar-refractivity contribution in [2.75, 3.05) is 59.2 Å². The Morgan fingerprint density at radius 1 is 1.21 bits per heavy atom. The fourth-order valence-electron chi connectivity index (χ4n) is 1.87. The minimum atomic E-state index is -3.12. The zero-order valence-electron chi connectivity index (χ0n) is 16.2. The van der Waals surface area contributed by atoms with Gasteiger partial charge in [-0.05, 0) is 41.2 Å². The number of sulfone groups is 1. The molecule has 0 bridgehead atoms. The molecule has 0 aromatic carbocycles. The van der Waals surface area contributed by atoms with Gasteiger partial charge >= 0.3 is 0 Å². The van der Waals surface area contributed by atoms with Gasteiger partial charge in [0.15, 0.2) is 15.8 Å². The van der Waals surface area contributed by atoms with E-state index in [2.05, 4.69) is 27.6 Å². The van der Waals surface area contributed by atoms with Crippen molar-refractivity contribution in [2.45, 2.75) is 38.9 Å². The monoisotopic (exact) mass is 364 g/mol. The maximum atomic E-state index is 12.1. The van der Waals surface area contributed by atoms with Crippen LogP contribution in [-0.2, 0) is 14.6 Å². The van der Waals surface area contributed by atoms with Crippen LogP contribution in [0.15, 0.2) is 4.99 Å². The molecule has 0 rings (SSSR count). The third-order valence-corrected chi connectivity index (χ3v) is 6.19. The molecule has 0 atom stereocenters. The van der Waals surface area contributed by atoms with Crippen molar-refractivity contribution >= 4 is 15.8 Å². The number of nitrogens with one attached hydrogen (secondary N) is 2. The van der Waals surface area contributed by atoms with E-state index in [1.807, 2.05) is 6.92 Å². The summed E-state index contributed by atoms with van der Waals surface area (Å²) in [5.41, 5.74) is 0. The summed E-state index contributed by atoms with van der Waals surface area (Å²) in [4.78, 5) is 6.69. The van der Waals surface area contributed by atoms with Gasteiger partial charge in [0.05, 0.1) is 17.0 Å². The Bertz CT molecular complexity index is 458. The summed E-state index contributed by atoms with van der Waals surface area (Å²) in [6.45, 7) is 11.5. The molecule has 24 heavy (non-hydrogen) atoms. The summed E-state index contributed by atoms with van der Waals surface area (Å²) in [7, 11) is 0.643. The van der Waals surface area contributed by atoms with Crippen molar-refractivity contribution in [1.82, 2.24) is 15.5 Å². The van der Waals surface area contributed by atoms with Gasteiger partial charge in [-0.25, -0.2) is 8.42 Å². The van der Waals surface area contributed by atoms with Gasteiger partial charge in [0, 0.05) is 39.9 Å². The molecule has 0 fully saturated rings. The largest absolute Gasteiger partial charge is 0.385 e. The number of ether oxygens (including phenoxy) is 1. The highest BCUT2D eigenvalue weighted by Gasteiger charge is 2.28. The molecule has 0 heterocycles. The molecule has 0 spiro atoms. The lowest BCUT2D eigenvalue weighted by atomic mass is 10.3. The summed E-state index contributed by atoms with van der Waals surface area (Å²) in [6, 6.07) is 0. The van der Waals surface area contributed by atoms with Crippen LogP contribution in [0.4, 0.5) is 0 Å². The molecule has 0 radical (unpaired) electrons. The predicted molar refractivity (Wildman–Crippen MR) is 102 cm³/mol. The van der Waals surface area contributed by atoms with Gasteiger partial charge < -0.3 is 20.3 Å². The Balaban J connectivity index is 4.29. The summed E-state index contributed by atoms with van der Waals surface area (Å²) in [6.07, 6.45) is 1.000. The molecule has 0 saturated carbocycles. The summed E-state index contributed by atoms with van der Waals surface area (Å²) >= 11 is 0. The molecule has 0 aliphatic carbocycles. The molecule has 7 nitrogen and oxygen atoms in total. The second-order valence-corrected chi connectivity index (χ2v) is 9.63. The van der Waals surface area contributed by atoms with E-state index in [1.165, 1.54) is 0 Å². The van der Waals surface area contributed by atoms with Crippen molar-refractivity contribution in [3.63, 3.8) is 0 Å². The Kier molecular flexibility index (Phi) is 11.2. The first-order valence-electron chi connectivity index (χ1n) is 8.56. The van der Waals surface area contributed by atoms with Crippen LogP contribution in [0.3, 0.4) is 0 Å². The first kappa shape index (κ1) is 23.1. The van der Waals surface area contributed by atoms with Crippen molar-refractivity contribution in [3.05, 3.63) is 0 Å². The van der Waals surface area contributed by atoms with Crippen molar-refractivity contribution in [2.24, 2.45) is 4.99 Å². The average Bonchev–Trinajstić information content (AvgIpc) is 2.46. The van der Waals surface area contributed by atoms with Crippen LogP contribution in [0.5, 0.6) is 0 Å². The lowest BCUT2D eigenvalue weighted by Gasteiger charge is -2.20. The van der Waals surface area contributed by atoms with E-state index in [-0.39, 0.29) is 5.75 Å². The second kappa shape index (κ2) is 11.7. The molecule has 0 aromatic rings. The molecule has 0 aliphatic rings. The van der Waals surface area contributed by atoms with Crippen molar-refractivity contribution in [1.29, 1.82) is 0 Å². The van der Waals surface area contributed by atoms with Gasteiger partial charge in [-0.2, -0.15) is 0 Å². The van der Waals surface area contributed by atoms with Crippen LogP contribution < -0.4 is 10.6 Å². The van der Waals surface area contributed by atoms with Gasteiger partial charge in [0.2, 0.25) is 0 Å². The van der Waals surface area contributed by atoms with Gasteiger partial charge in [0.25, 0.3) is 0 Å². The van der Waals surface area contributed by atoms with E-state index in [0.29, 0.717) is 19.0 Å². The molecule has 0 aromatic heterocycles. The standard InChI is InChI=1S/C16H36N4O3S/c1-7-17-15(18-9-12-20(5)11-8-13-23-6)19-10-14-24(21,22)16(2,3)4/h7-14H2,1-6H3,(H2,17,18,19). The minimum absolute atomic E-state index is 0.0951. The topological polar surface area (TPSA) is 83.0 Å². The minimum Gasteiger partial charge on any atom is -0.385 e. The summed E-state index contributed by atoms with van der Waals surface area (Å²) in [5.74, 6) is 0.754. The third-order valence-electron chi connectivity index (χ3n) is 3.58. The summed E-state index contributed by atoms with van der Waals surface area (Å²) in [5, 5.41) is 6.24. The van der Waals surface area contributed by atoms with E-state index in [4.69, 9.17) is 4.74 Å². The zero-order chi connectivity index (χ0) is 18.6. The molecule has 0 amide bonds. The number of hydrogen-bond donors (Lipinski definition) is 2. The van der Waals surface area contributed by atoms with Crippen molar-refractivity contribution < 1.29 is 13.2 Å². The van der Waals surface area contributed by atoms with E-state index in [9.17, 15) is 8.42 Å². The zero-order valence-corrected chi connectivity index (χ0v) is 17.0. The Labute approximate surface area is 148 Å². The highest BCUT2D eigenvalue weighted by atomic mass is 32.2. The van der Waals surface area contributed by atoms with Gasteiger partial charge in [-0.3, -0.25) is 4.99 Å².